The highest BCUT2D eigenvalue weighted by Crippen LogP contribution is 2.31. The molecule has 0 aliphatic carbocycles. The fourth-order valence-corrected chi connectivity index (χ4v) is 4.32. The molecule has 0 aromatic carbocycles. The van der Waals surface area contributed by atoms with Crippen LogP contribution in [0.4, 0.5) is 0 Å². The van der Waals surface area contributed by atoms with Crippen LogP contribution in [0.5, 0.6) is 0 Å². The van der Waals surface area contributed by atoms with Gasteiger partial charge < -0.3 is 0 Å². The van der Waals surface area contributed by atoms with Crippen LogP contribution in [-0.4, -0.2) is 29.4 Å². The summed E-state index contributed by atoms with van der Waals surface area (Å²) in [4.78, 5) is 11.7. The summed E-state index contributed by atoms with van der Waals surface area (Å²) in [5.74, 6) is 0.836. The Hall–Kier alpha value is -2.28. The molecule has 7 heteroatoms. The van der Waals surface area contributed by atoms with E-state index in [0.717, 1.165) is 46.8 Å². The zero-order valence-corrected chi connectivity index (χ0v) is 15.2. The highest BCUT2D eigenvalue weighted by molar-refractivity contribution is 7.18. The van der Waals surface area contributed by atoms with E-state index in [1.165, 1.54) is 16.1 Å². The summed E-state index contributed by atoms with van der Waals surface area (Å²) >= 11 is 1.74. The molecule has 0 radical (unpaired) electrons. The Labute approximate surface area is 144 Å². The summed E-state index contributed by atoms with van der Waals surface area (Å²) < 4.78 is 3.82. The van der Waals surface area contributed by atoms with Gasteiger partial charge in [-0.2, -0.15) is 5.10 Å². The Balaban J connectivity index is 1.72. The Morgan fingerprint density at radius 3 is 2.71 bits per heavy atom. The molecule has 0 saturated carbocycles. The Morgan fingerprint density at radius 1 is 1.17 bits per heavy atom. The van der Waals surface area contributed by atoms with E-state index in [-0.39, 0.29) is 0 Å². The number of aromatic nitrogens is 6. The van der Waals surface area contributed by atoms with E-state index >= 15 is 0 Å². The van der Waals surface area contributed by atoms with Gasteiger partial charge in [0.25, 0.3) is 0 Å². The lowest BCUT2D eigenvalue weighted by Gasteiger charge is -2.00. The Morgan fingerprint density at radius 2 is 2.00 bits per heavy atom. The van der Waals surface area contributed by atoms with Crippen molar-refractivity contribution < 1.29 is 0 Å². The number of aryl methyl sites for hydroxylation is 6. The average molecular weight is 340 g/mol. The molecule has 4 rings (SSSR count). The van der Waals surface area contributed by atoms with E-state index in [0.29, 0.717) is 0 Å². The summed E-state index contributed by atoms with van der Waals surface area (Å²) in [6, 6.07) is 2.09. The van der Waals surface area contributed by atoms with Gasteiger partial charge in [-0.15, -0.1) is 16.4 Å². The second-order valence-corrected chi connectivity index (χ2v) is 7.31. The SMILES string of the molecule is CCc1c(C)sc2ncn3nc(CCn4nc(C)cc4C)nc3c12. The maximum absolute atomic E-state index is 4.79. The van der Waals surface area contributed by atoms with Crippen LogP contribution in [-0.2, 0) is 19.4 Å². The van der Waals surface area contributed by atoms with Gasteiger partial charge in [-0.05, 0) is 38.8 Å². The summed E-state index contributed by atoms with van der Waals surface area (Å²) in [6.45, 7) is 9.21. The lowest BCUT2D eigenvalue weighted by molar-refractivity contribution is 0.581. The predicted octanol–water partition coefficient (Wildman–Crippen LogP) is 3.27. The first kappa shape index (κ1) is 15.3. The predicted molar refractivity (Wildman–Crippen MR) is 95.7 cm³/mol. The van der Waals surface area contributed by atoms with Crippen molar-refractivity contribution in [2.24, 2.45) is 0 Å². The highest BCUT2D eigenvalue weighted by Gasteiger charge is 2.15. The van der Waals surface area contributed by atoms with Crippen LogP contribution in [0.15, 0.2) is 12.4 Å². The van der Waals surface area contributed by atoms with Gasteiger partial charge in [0.1, 0.15) is 11.2 Å². The summed E-state index contributed by atoms with van der Waals surface area (Å²) in [5.41, 5.74) is 4.47. The van der Waals surface area contributed by atoms with Gasteiger partial charge in [-0.25, -0.2) is 14.5 Å². The maximum Gasteiger partial charge on any atom is 0.167 e. The number of rotatable bonds is 4. The summed E-state index contributed by atoms with van der Waals surface area (Å²) in [5, 5.41) is 10.3. The lowest BCUT2D eigenvalue weighted by atomic mass is 10.1. The zero-order chi connectivity index (χ0) is 16.8. The molecule has 0 atom stereocenters. The Kier molecular flexibility index (Phi) is 3.60. The molecule has 0 aliphatic rings. The molecule has 0 fully saturated rings. The van der Waals surface area contributed by atoms with E-state index in [1.807, 2.05) is 16.1 Å². The van der Waals surface area contributed by atoms with Crippen molar-refractivity contribution in [3.8, 4) is 0 Å². The minimum Gasteiger partial charge on any atom is -0.269 e. The van der Waals surface area contributed by atoms with E-state index in [4.69, 9.17) is 4.98 Å². The zero-order valence-electron chi connectivity index (χ0n) is 14.4. The van der Waals surface area contributed by atoms with Gasteiger partial charge in [-0.3, -0.25) is 4.68 Å². The molecular weight excluding hydrogens is 320 g/mol. The van der Waals surface area contributed by atoms with Crippen LogP contribution < -0.4 is 0 Å². The number of hydrogen-bond acceptors (Lipinski definition) is 5. The molecule has 0 saturated heterocycles. The maximum atomic E-state index is 4.79. The molecule has 24 heavy (non-hydrogen) atoms. The molecule has 4 heterocycles. The molecule has 0 aliphatic heterocycles. The van der Waals surface area contributed by atoms with Crippen molar-refractivity contribution >= 4 is 27.2 Å². The first-order valence-electron chi connectivity index (χ1n) is 8.20. The molecule has 6 nitrogen and oxygen atoms in total. The van der Waals surface area contributed by atoms with Crippen molar-refractivity contribution in [1.82, 2.24) is 29.4 Å². The number of nitrogens with zero attached hydrogens (tertiary/aromatic N) is 6. The fraction of sp³-hybridized carbons (Fsp3) is 0.412. The van der Waals surface area contributed by atoms with Gasteiger partial charge in [0, 0.05) is 23.5 Å². The molecular formula is C17H20N6S. The lowest BCUT2D eigenvalue weighted by Crippen LogP contribution is -2.06. The van der Waals surface area contributed by atoms with Crippen LogP contribution in [0.1, 0.15) is 34.6 Å². The van der Waals surface area contributed by atoms with E-state index < -0.39 is 0 Å². The normalized spacial score (nSPS) is 11.8. The standard InChI is InChI=1S/C17H20N6S/c1-5-13-12(4)24-17-15(13)16-19-14(21-23(16)9-18-17)6-7-22-11(3)8-10(2)20-22/h8-9H,5-7H2,1-4H3. The third kappa shape index (κ3) is 2.39. The van der Waals surface area contributed by atoms with Crippen molar-refractivity contribution in [3.05, 3.63) is 40.0 Å². The number of thiophene rings is 1. The molecule has 0 spiro atoms. The van der Waals surface area contributed by atoms with Crippen LogP contribution in [0.3, 0.4) is 0 Å². The largest absolute Gasteiger partial charge is 0.269 e. The monoisotopic (exact) mass is 340 g/mol. The van der Waals surface area contributed by atoms with Crippen molar-refractivity contribution in [2.45, 2.75) is 47.1 Å². The van der Waals surface area contributed by atoms with Crippen molar-refractivity contribution in [1.29, 1.82) is 0 Å². The first-order valence-corrected chi connectivity index (χ1v) is 9.01. The molecule has 0 N–H and O–H groups in total. The molecule has 0 bridgehead atoms. The third-order valence-electron chi connectivity index (χ3n) is 4.38. The Bertz CT molecular complexity index is 1040. The van der Waals surface area contributed by atoms with Gasteiger partial charge in [-0.1, -0.05) is 6.92 Å². The molecule has 0 amide bonds. The van der Waals surface area contributed by atoms with Crippen molar-refractivity contribution in [3.63, 3.8) is 0 Å². The second kappa shape index (κ2) is 5.66. The molecule has 124 valence electrons. The molecule has 0 unspecified atom stereocenters. The van der Waals surface area contributed by atoms with Gasteiger partial charge in [0.2, 0.25) is 0 Å². The number of hydrogen-bond donors (Lipinski definition) is 0. The van der Waals surface area contributed by atoms with Crippen LogP contribution in [0.25, 0.3) is 15.9 Å². The molecule has 4 aromatic rings. The minimum atomic E-state index is 0.760. The van der Waals surface area contributed by atoms with Crippen LogP contribution >= 0.6 is 11.3 Å². The first-order chi connectivity index (χ1) is 11.6. The quantitative estimate of drug-likeness (QED) is 0.572. The van der Waals surface area contributed by atoms with Gasteiger partial charge >= 0.3 is 0 Å². The third-order valence-corrected chi connectivity index (χ3v) is 5.43. The second-order valence-electron chi connectivity index (χ2n) is 6.11. The fourth-order valence-electron chi connectivity index (χ4n) is 3.25. The number of fused-ring (bicyclic) bond motifs is 3. The summed E-state index contributed by atoms with van der Waals surface area (Å²) in [7, 11) is 0. The van der Waals surface area contributed by atoms with Crippen molar-refractivity contribution in [2.75, 3.05) is 0 Å². The van der Waals surface area contributed by atoms with E-state index in [2.05, 4.69) is 42.0 Å². The average Bonchev–Trinajstić information content (AvgIpc) is 3.18. The van der Waals surface area contributed by atoms with Gasteiger partial charge in [0.05, 0.1) is 11.1 Å². The highest BCUT2D eigenvalue weighted by atomic mass is 32.1. The van der Waals surface area contributed by atoms with E-state index in [1.54, 1.807) is 17.7 Å². The topological polar surface area (TPSA) is 60.9 Å². The molecule has 4 aromatic heterocycles. The van der Waals surface area contributed by atoms with Crippen LogP contribution in [0.2, 0.25) is 0 Å². The summed E-state index contributed by atoms with van der Waals surface area (Å²) in [6.07, 6.45) is 3.52. The smallest absolute Gasteiger partial charge is 0.167 e. The minimum absolute atomic E-state index is 0.760. The van der Waals surface area contributed by atoms with E-state index in [9.17, 15) is 0 Å². The van der Waals surface area contributed by atoms with Crippen LogP contribution in [0, 0.1) is 20.8 Å². The van der Waals surface area contributed by atoms with Gasteiger partial charge in [0.15, 0.2) is 11.5 Å².